The lowest BCUT2D eigenvalue weighted by molar-refractivity contribution is 0.0649. The van der Waals surface area contributed by atoms with Crippen LogP contribution in [0.25, 0.3) is 0 Å². The van der Waals surface area contributed by atoms with Crippen molar-refractivity contribution in [2.75, 3.05) is 18.4 Å². The van der Waals surface area contributed by atoms with E-state index < -0.39 is 0 Å². The highest BCUT2D eigenvalue weighted by Crippen LogP contribution is 2.25. The molecule has 1 aromatic carbocycles. The normalized spacial score (nSPS) is 15.7. The SMILES string of the molecule is CCCNc1ccccc1C(=O)N(CC)C1CCCCC1. The molecule has 1 aliphatic rings. The molecule has 0 saturated heterocycles. The minimum atomic E-state index is 0.184. The average Bonchev–Trinajstić information content (AvgIpc) is 2.55. The molecule has 0 unspecified atom stereocenters. The van der Waals surface area contributed by atoms with Gasteiger partial charge in [0.05, 0.1) is 5.56 Å². The van der Waals surface area contributed by atoms with E-state index in [9.17, 15) is 4.79 Å². The van der Waals surface area contributed by atoms with Crippen LogP contribution in [0, 0.1) is 0 Å². The molecule has 21 heavy (non-hydrogen) atoms. The smallest absolute Gasteiger partial charge is 0.256 e. The van der Waals surface area contributed by atoms with Crippen LogP contribution in [0.4, 0.5) is 5.69 Å². The van der Waals surface area contributed by atoms with Gasteiger partial charge >= 0.3 is 0 Å². The Kier molecular flexibility index (Phi) is 6.09. The molecule has 0 spiro atoms. The lowest BCUT2D eigenvalue weighted by Gasteiger charge is -2.34. The van der Waals surface area contributed by atoms with E-state index in [0.29, 0.717) is 6.04 Å². The number of hydrogen-bond donors (Lipinski definition) is 1. The summed E-state index contributed by atoms with van der Waals surface area (Å²) in [7, 11) is 0. The second-order valence-electron chi connectivity index (χ2n) is 5.86. The number of rotatable bonds is 6. The van der Waals surface area contributed by atoms with Crippen molar-refractivity contribution >= 4 is 11.6 Å². The van der Waals surface area contributed by atoms with Gasteiger partial charge in [-0.15, -0.1) is 0 Å². The number of nitrogens with zero attached hydrogens (tertiary/aromatic N) is 1. The van der Waals surface area contributed by atoms with Crippen molar-refractivity contribution in [1.29, 1.82) is 0 Å². The zero-order valence-electron chi connectivity index (χ0n) is 13.4. The van der Waals surface area contributed by atoms with Crippen LogP contribution in [0.15, 0.2) is 24.3 Å². The number of anilines is 1. The minimum Gasteiger partial charge on any atom is -0.384 e. The van der Waals surface area contributed by atoms with Crippen molar-refractivity contribution < 1.29 is 4.79 Å². The van der Waals surface area contributed by atoms with Gasteiger partial charge in [-0.05, 0) is 38.3 Å². The molecule has 116 valence electrons. The molecular weight excluding hydrogens is 260 g/mol. The molecule has 1 saturated carbocycles. The maximum absolute atomic E-state index is 12.9. The number of carbonyl (C=O) groups is 1. The van der Waals surface area contributed by atoms with Crippen molar-refractivity contribution in [3.63, 3.8) is 0 Å². The summed E-state index contributed by atoms with van der Waals surface area (Å²) < 4.78 is 0. The van der Waals surface area contributed by atoms with Gasteiger partial charge in [0.15, 0.2) is 0 Å². The van der Waals surface area contributed by atoms with Gasteiger partial charge in [-0.1, -0.05) is 38.3 Å². The summed E-state index contributed by atoms with van der Waals surface area (Å²) in [5, 5.41) is 3.38. The molecule has 1 amide bonds. The number of amides is 1. The van der Waals surface area contributed by atoms with Gasteiger partial charge in [-0.25, -0.2) is 0 Å². The highest BCUT2D eigenvalue weighted by molar-refractivity contribution is 5.99. The number of nitrogens with one attached hydrogen (secondary N) is 1. The van der Waals surface area contributed by atoms with Gasteiger partial charge in [-0.2, -0.15) is 0 Å². The molecule has 0 aromatic heterocycles. The van der Waals surface area contributed by atoms with E-state index in [1.54, 1.807) is 0 Å². The van der Waals surface area contributed by atoms with Crippen molar-refractivity contribution in [3.05, 3.63) is 29.8 Å². The summed E-state index contributed by atoms with van der Waals surface area (Å²) in [6.45, 7) is 5.93. The third-order valence-electron chi connectivity index (χ3n) is 4.34. The van der Waals surface area contributed by atoms with Crippen LogP contribution >= 0.6 is 0 Å². The summed E-state index contributed by atoms with van der Waals surface area (Å²) >= 11 is 0. The molecule has 1 fully saturated rings. The molecule has 1 aliphatic carbocycles. The van der Waals surface area contributed by atoms with E-state index in [2.05, 4.69) is 24.1 Å². The zero-order chi connectivity index (χ0) is 15.1. The molecule has 2 rings (SSSR count). The first kappa shape index (κ1) is 15.9. The highest BCUT2D eigenvalue weighted by atomic mass is 16.2. The van der Waals surface area contributed by atoms with Gasteiger partial charge in [0.1, 0.15) is 0 Å². The van der Waals surface area contributed by atoms with Gasteiger partial charge in [-0.3, -0.25) is 4.79 Å². The van der Waals surface area contributed by atoms with Crippen LogP contribution in [0.3, 0.4) is 0 Å². The first-order valence-electron chi connectivity index (χ1n) is 8.41. The van der Waals surface area contributed by atoms with Crippen LogP contribution in [0.1, 0.15) is 62.7 Å². The highest BCUT2D eigenvalue weighted by Gasteiger charge is 2.26. The number of benzene rings is 1. The second-order valence-corrected chi connectivity index (χ2v) is 5.86. The molecule has 0 bridgehead atoms. The Hall–Kier alpha value is -1.51. The average molecular weight is 288 g/mol. The fourth-order valence-electron chi connectivity index (χ4n) is 3.20. The summed E-state index contributed by atoms with van der Waals surface area (Å²) in [5.74, 6) is 0.184. The summed E-state index contributed by atoms with van der Waals surface area (Å²) in [6, 6.07) is 8.34. The summed E-state index contributed by atoms with van der Waals surface area (Å²) in [5.41, 5.74) is 1.79. The topological polar surface area (TPSA) is 32.3 Å². The molecule has 3 nitrogen and oxygen atoms in total. The van der Waals surface area contributed by atoms with Crippen molar-refractivity contribution in [3.8, 4) is 0 Å². The van der Waals surface area contributed by atoms with Crippen LogP contribution in [0.2, 0.25) is 0 Å². The second kappa shape index (κ2) is 8.06. The Labute approximate surface area is 128 Å². The maximum Gasteiger partial charge on any atom is 0.256 e. The first-order chi connectivity index (χ1) is 10.3. The van der Waals surface area contributed by atoms with Gasteiger partial charge in [0.2, 0.25) is 0 Å². The van der Waals surface area contributed by atoms with Crippen molar-refractivity contribution in [1.82, 2.24) is 4.90 Å². The molecule has 1 aromatic rings. The Morgan fingerprint density at radius 1 is 1.19 bits per heavy atom. The van der Waals surface area contributed by atoms with Gasteiger partial charge in [0, 0.05) is 24.8 Å². The van der Waals surface area contributed by atoms with Crippen molar-refractivity contribution in [2.45, 2.75) is 58.4 Å². The molecule has 0 radical (unpaired) electrons. The largest absolute Gasteiger partial charge is 0.384 e. The third-order valence-corrected chi connectivity index (χ3v) is 4.34. The summed E-state index contributed by atoms with van der Waals surface area (Å²) in [6.07, 6.45) is 7.20. The van der Waals surface area contributed by atoms with E-state index in [1.165, 1.54) is 19.3 Å². The predicted octanol–water partition coefficient (Wildman–Crippen LogP) is 4.30. The summed E-state index contributed by atoms with van der Waals surface area (Å²) in [4.78, 5) is 15.0. The van der Waals surface area contributed by atoms with E-state index in [1.807, 2.05) is 24.3 Å². The number of para-hydroxylation sites is 1. The fourth-order valence-corrected chi connectivity index (χ4v) is 3.20. The predicted molar refractivity (Wildman–Crippen MR) is 88.8 cm³/mol. The fraction of sp³-hybridized carbons (Fsp3) is 0.611. The van der Waals surface area contributed by atoms with Gasteiger partial charge < -0.3 is 10.2 Å². The molecule has 0 aliphatic heterocycles. The standard InChI is InChI=1S/C18H28N2O/c1-3-14-19-17-13-9-8-12-16(17)18(21)20(4-2)15-10-6-5-7-11-15/h8-9,12-13,15,19H,3-7,10-11,14H2,1-2H3. The molecular formula is C18H28N2O. The Bertz CT molecular complexity index is 452. The third kappa shape index (κ3) is 3.99. The molecule has 3 heteroatoms. The monoisotopic (exact) mass is 288 g/mol. The number of hydrogen-bond acceptors (Lipinski definition) is 2. The van der Waals surface area contributed by atoms with Crippen LogP contribution < -0.4 is 5.32 Å². The van der Waals surface area contributed by atoms with E-state index >= 15 is 0 Å². The maximum atomic E-state index is 12.9. The van der Waals surface area contributed by atoms with Crippen LogP contribution in [-0.2, 0) is 0 Å². The molecule has 1 N–H and O–H groups in total. The first-order valence-corrected chi connectivity index (χ1v) is 8.41. The van der Waals surface area contributed by atoms with Crippen LogP contribution in [0.5, 0.6) is 0 Å². The minimum absolute atomic E-state index is 0.184. The lowest BCUT2D eigenvalue weighted by atomic mass is 9.93. The van der Waals surface area contributed by atoms with Crippen LogP contribution in [-0.4, -0.2) is 29.9 Å². The molecule has 0 atom stereocenters. The Morgan fingerprint density at radius 3 is 2.57 bits per heavy atom. The number of carbonyl (C=O) groups excluding carboxylic acids is 1. The molecule has 0 heterocycles. The Morgan fingerprint density at radius 2 is 1.90 bits per heavy atom. The quantitative estimate of drug-likeness (QED) is 0.846. The van der Waals surface area contributed by atoms with Gasteiger partial charge in [0.25, 0.3) is 5.91 Å². The van der Waals surface area contributed by atoms with Crippen molar-refractivity contribution in [2.24, 2.45) is 0 Å². The van der Waals surface area contributed by atoms with E-state index in [-0.39, 0.29) is 5.91 Å². The Balaban J connectivity index is 2.16. The lowest BCUT2D eigenvalue weighted by Crippen LogP contribution is -2.41. The van der Waals surface area contributed by atoms with E-state index in [4.69, 9.17) is 0 Å². The van der Waals surface area contributed by atoms with E-state index in [0.717, 1.165) is 43.6 Å². The zero-order valence-corrected chi connectivity index (χ0v) is 13.4.